The van der Waals surface area contributed by atoms with E-state index in [0.29, 0.717) is 17.3 Å². The van der Waals surface area contributed by atoms with Crippen molar-refractivity contribution in [1.29, 1.82) is 0 Å². The van der Waals surface area contributed by atoms with Crippen molar-refractivity contribution in [3.63, 3.8) is 0 Å². The Balaban J connectivity index is 1.95. The van der Waals surface area contributed by atoms with Crippen LogP contribution in [-0.2, 0) is 4.79 Å². The molecule has 0 unspecified atom stereocenters. The van der Waals surface area contributed by atoms with Crippen molar-refractivity contribution < 1.29 is 9.59 Å². The summed E-state index contributed by atoms with van der Waals surface area (Å²) in [6, 6.07) is 6.40. The van der Waals surface area contributed by atoms with Crippen molar-refractivity contribution >= 4 is 29.2 Å². The lowest BCUT2D eigenvalue weighted by atomic mass is 9.67. The van der Waals surface area contributed by atoms with Gasteiger partial charge < -0.3 is 5.32 Å². The smallest absolute Gasteiger partial charge is 0.328 e. The third kappa shape index (κ3) is 1.60. The van der Waals surface area contributed by atoms with E-state index in [4.69, 9.17) is 11.6 Å². The Morgan fingerprint density at radius 2 is 1.83 bits per heavy atom. The Kier molecular flexibility index (Phi) is 2.55. The molecular weight excluding hydrogens is 252 g/mol. The van der Waals surface area contributed by atoms with Gasteiger partial charge in [-0.05, 0) is 37.1 Å². The molecule has 2 aliphatic rings. The third-order valence-electron chi connectivity index (χ3n) is 3.83. The number of amides is 3. The van der Waals surface area contributed by atoms with Crippen LogP contribution in [0.2, 0.25) is 5.02 Å². The summed E-state index contributed by atoms with van der Waals surface area (Å²) in [4.78, 5) is 25.6. The van der Waals surface area contributed by atoms with Gasteiger partial charge in [0.15, 0.2) is 0 Å². The Bertz CT molecular complexity index is 508. The summed E-state index contributed by atoms with van der Waals surface area (Å²) in [5.74, 6) is -0.0835. The number of nitrogens with one attached hydrogen (secondary N) is 1. The fraction of sp³-hybridized carbons (Fsp3) is 0.385. The van der Waals surface area contributed by atoms with Crippen molar-refractivity contribution in [1.82, 2.24) is 5.32 Å². The van der Waals surface area contributed by atoms with Crippen LogP contribution in [0, 0.1) is 5.41 Å². The summed E-state index contributed by atoms with van der Waals surface area (Å²) in [6.07, 6.45) is 2.77. The molecule has 0 atom stereocenters. The van der Waals surface area contributed by atoms with Gasteiger partial charge in [-0.2, -0.15) is 0 Å². The topological polar surface area (TPSA) is 49.4 Å². The first-order chi connectivity index (χ1) is 8.62. The van der Waals surface area contributed by atoms with Gasteiger partial charge in [-0.1, -0.05) is 18.0 Å². The molecule has 1 spiro atoms. The second kappa shape index (κ2) is 3.99. The molecule has 3 amide bonds. The number of hydrogen-bond donors (Lipinski definition) is 1. The molecule has 2 fully saturated rings. The number of benzene rings is 1. The molecule has 3 rings (SSSR count). The number of imide groups is 1. The van der Waals surface area contributed by atoms with Gasteiger partial charge in [-0.25, -0.2) is 9.69 Å². The van der Waals surface area contributed by atoms with Crippen molar-refractivity contribution in [3.8, 4) is 0 Å². The molecule has 1 aliphatic heterocycles. The first-order valence-electron chi connectivity index (χ1n) is 6.00. The normalized spacial score (nSPS) is 21.7. The van der Waals surface area contributed by atoms with E-state index < -0.39 is 0 Å². The minimum Gasteiger partial charge on any atom is -0.336 e. The lowest BCUT2D eigenvalue weighted by molar-refractivity contribution is -0.132. The molecule has 0 radical (unpaired) electrons. The number of carbonyl (C=O) groups excluding carboxylic acids is 2. The minimum atomic E-state index is -0.368. The highest BCUT2D eigenvalue weighted by atomic mass is 35.5. The van der Waals surface area contributed by atoms with Crippen LogP contribution < -0.4 is 10.2 Å². The molecule has 1 saturated heterocycles. The van der Waals surface area contributed by atoms with Crippen LogP contribution in [0.15, 0.2) is 24.3 Å². The Morgan fingerprint density at radius 1 is 1.17 bits per heavy atom. The SMILES string of the molecule is O=C1NCC2(CCC2)C(=O)N1c1ccc(Cl)cc1. The van der Waals surface area contributed by atoms with Gasteiger partial charge in [-0.3, -0.25) is 4.79 Å². The highest BCUT2D eigenvalue weighted by Crippen LogP contribution is 2.44. The molecule has 18 heavy (non-hydrogen) atoms. The van der Waals surface area contributed by atoms with Gasteiger partial charge >= 0.3 is 6.03 Å². The van der Waals surface area contributed by atoms with E-state index in [9.17, 15) is 9.59 Å². The summed E-state index contributed by atoms with van der Waals surface area (Å²) in [5.41, 5.74) is 0.209. The maximum Gasteiger partial charge on any atom is 0.328 e. The molecule has 5 heteroatoms. The second-order valence-electron chi connectivity index (χ2n) is 4.91. The standard InChI is InChI=1S/C13H13ClN2O2/c14-9-2-4-10(5-3-9)16-11(17)13(6-1-7-13)8-15-12(16)18/h2-5H,1,6-8H2,(H,15,18). The van der Waals surface area contributed by atoms with Gasteiger partial charge in [-0.15, -0.1) is 0 Å². The van der Waals surface area contributed by atoms with Crippen LogP contribution in [0.4, 0.5) is 10.5 Å². The zero-order valence-electron chi connectivity index (χ0n) is 9.78. The van der Waals surface area contributed by atoms with Crippen molar-refractivity contribution in [3.05, 3.63) is 29.3 Å². The Morgan fingerprint density at radius 3 is 2.39 bits per heavy atom. The predicted octanol–water partition coefficient (Wildman–Crippen LogP) is 2.57. The molecule has 1 N–H and O–H groups in total. The van der Waals surface area contributed by atoms with Gasteiger partial charge in [0.1, 0.15) is 0 Å². The summed E-state index contributed by atoms with van der Waals surface area (Å²) in [6.45, 7) is 0.467. The van der Waals surface area contributed by atoms with Crippen LogP contribution in [0.3, 0.4) is 0 Å². The van der Waals surface area contributed by atoms with Crippen molar-refractivity contribution in [2.75, 3.05) is 11.4 Å². The fourth-order valence-corrected chi connectivity index (χ4v) is 2.67. The highest BCUT2D eigenvalue weighted by Gasteiger charge is 2.51. The van der Waals surface area contributed by atoms with Crippen molar-refractivity contribution in [2.24, 2.45) is 5.41 Å². The molecular formula is C13H13ClN2O2. The number of hydrogen-bond acceptors (Lipinski definition) is 2. The summed E-state index contributed by atoms with van der Waals surface area (Å²) in [7, 11) is 0. The molecule has 4 nitrogen and oxygen atoms in total. The number of urea groups is 1. The molecule has 0 aromatic heterocycles. The quantitative estimate of drug-likeness (QED) is 0.847. The number of nitrogens with zero attached hydrogens (tertiary/aromatic N) is 1. The minimum absolute atomic E-state index is 0.0835. The predicted molar refractivity (Wildman–Crippen MR) is 68.6 cm³/mol. The van der Waals surface area contributed by atoms with Gasteiger partial charge in [0.25, 0.3) is 0 Å². The summed E-state index contributed by atoms with van der Waals surface area (Å²) < 4.78 is 0. The monoisotopic (exact) mass is 264 g/mol. The molecule has 1 aromatic rings. The lowest BCUT2D eigenvalue weighted by Crippen LogP contribution is -2.63. The second-order valence-corrected chi connectivity index (χ2v) is 5.35. The van der Waals surface area contributed by atoms with E-state index >= 15 is 0 Å². The largest absolute Gasteiger partial charge is 0.336 e. The zero-order valence-corrected chi connectivity index (χ0v) is 10.5. The van der Waals surface area contributed by atoms with Gasteiger partial charge in [0.2, 0.25) is 5.91 Å². The molecule has 94 valence electrons. The van der Waals surface area contributed by atoms with E-state index in [1.807, 2.05) is 0 Å². The van der Waals surface area contributed by atoms with Crippen LogP contribution in [0.5, 0.6) is 0 Å². The average Bonchev–Trinajstić information content (AvgIpc) is 2.30. The lowest BCUT2D eigenvalue weighted by Gasteiger charge is -2.46. The van der Waals surface area contributed by atoms with Gasteiger partial charge in [0.05, 0.1) is 11.1 Å². The maximum atomic E-state index is 12.5. The van der Waals surface area contributed by atoms with Crippen LogP contribution in [0.1, 0.15) is 19.3 Å². The molecule has 1 aliphatic carbocycles. The van der Waals surface area contributed by atoms with E-state index in [-0.39, 0.29) is 17.4 Å². The van der Waals surface area contributed by atoms with E-state index in [0.717, 1.165) is 19.3 Å². The third-order valence-corrected chi connectivity index (χ3v) is 4.09. The Hall–Kier alpha value is -1.55. The van der Waals surface area contributed by atoms with E-state index in [1.165, 1.54) is 4.90 Å². The Labute approximate surface area is 110 Å². The number of rotatable bonds is 1. The van der Waals surface area contributed by atoms with Crippen molar-refractivity contribution in [2.45, 2.75) is 19.3 Å². The summed E-state index contributed by atoms with van der Waals surface area (Å²) >= 11 is 5.81. The van der Waals surface area contributed by atoms with Crippen LogP contribution in [-0.4, -0.2) is 18.5 Å². The first-order valence-corrected chi connectivity index (χ1v) is 6.38. The molecule has 1 heterocycles. The summed E-state index contributed by atoms with van der Waals surface area (Å²) in [5, 5.41) is 3.39. The number of halogens is 1. The average molecular weight is 265 g/mol. The van der Waals surface area contributed by atoms with Gasteiger partial charge in [0, 0.05) is 11.6 Å². The molecule has 0 bridgehead atoms. The van der Waals surface area contributed by atoms with Crippen LogP contribution in [0.25, 0.3) is 0 Å². The van der Waals surface area contributed by atoms with E-state index in [1.54, 1.807) is 24.3 Å². The number of carbonyl (C=O) groups is 2. The number of anilines is 1. The fourth-order valence-electron chi connectivity index (χ4n) is 2.55. The van der Waals surface area contributed by atoms with E-state index in [2.05, 4.69) is 5.32 Å². The highest BCUT2D eigenvalue weighted by molar-refractivity contribution is 6.30. The maximum absolute atomic E-state index is 12.5. The van der Waals surface area contributed by atoms with Crippen LogP contribution >= 0.6 is 11.6 Å². The zero-order chi connectivity index (χ0) is 12.8. The molecule has 1 saturated carbocycles. The molecule has 1 aromatic carbocycles. The first kappa shape index (κ1) is 11.5.